The summed E-state index contributed by atoms with van der Waals surface area (Å²) in [6.45, 7) is 2.23. The number of anilines is 1. The molecular formula is C21H19N5O2. The molecule has 0 fully saturated rings. The van der Waals surface area contributed by atoms with Crippen molar-refractivity contribution in [3.63, 3.8) is 0 Å². The molecule has 0 aliphatic carbocycles. The second kappa shape index (κ2) is 7.50. The van der Waals surface area contributed by atoms with Gasteiger partial charge in [0, 0.05) is 29.5 Å². The first-order valence-corrected chi connectivity index (χ1v) is 8.81. The van der Waals surface area contributed by atoms with Gasteiger partial charge in [0.2, 0.25) is 5.88 Å². The third kappa shape index (κ3) is 3.70. The summed E-state index contributed by atoms with van der Waals surface area (Å²) >= 11 is 0. The van der Waals surface area contributed by atoms with Gasteiger partial charge in [0.15, 0.2) is 0 Å². The molecule has 0 spiro atoms. The van der Waals surface area contributed by atoms with E-state index in [0.29, 0.717) is 17.5 Å². The summed E-state index contributed by atoms with van der Waals surface area (Å²) in [6.07, 6.45) is 3.34. The van der Waals surface area contributed by atoms with E-state index in [9.17, 15) is 4.79 Å². The van der Waals surface area contributed by atoms with Crippen molar-refractivity contribution in [3.8, 4) is 11.6 Å². The molecule has 140 valence electrons. The zero-order valence-electron chi connectivity index (χ0n) is 15.3. The summed E-state index contributed by atoms with van der Waals surface area (Å²) in [5, 5.41) is 3.79. The van der Waals surface area contributed by atoms with Crippen molar-refractivity contribution < 1.29 is 9.53 Å². The number of aromatic nitrogens is 3. The molecule has 28 heavy (non-hydrogen) atoms. The fraction of sp³-hybridized carbons (Fsp3) is 0.0952. The number of ether oxygens (including phenoxy) is 1. The SMILES string of the molecule is Cc1cccc(NC(=O)n2ccc3cc(Oc4ccnc(CN)n4)ccc32)c1. The Bertz CT molecular complexity index is 1150. The van der Waals surface area contributed by atoms with Crippen LogP contribution >= 0.6 is 0 Å². The Hall–Kier alpha value is -3.71. The minimum absolute atomic E-state index is 0.224. The van der Waals surface area contributed by atoms with Gasteiger partial charge >= 0.3 is 6.03 Å². The number of carbonyl (C=O) groups excluding carboxylic acids is 1. The average Bonchev–Trinajstić information content (AvgIpc) is 3.11. The van der Waals surface area contributed by atoms with Crippen molar-refractivity contribution in [2.45, 2.75) is 13.5 Å². The summed E-state index contributed by atoms with van der Waals surface area (Å²) in [4.78, 5) is 20.9. The average molecular weight is 373 g/mol. The standard InChI is InChI=1S/C21H19N5O2/c1-14-3-2-4-16(11-14)24-21(27)26-10-8-15-12-17(5-6-18(15)26)28-20-7-9-23-19(13-22)25-20/h2-12H,13,22H2,1H3,(H,24,27). The molecule has 7 heteroatoms. The highest BCUT2D eigenvalue weighted by molar-refractivity contribution is 5.98. The third-order valence-electron chi connectivity index (χ3n) is 4.23. The van der Waals surface area contributed by atoms with Crippen LogP contribution in [-0.4, -0.2) is 20.6 Å². The van der Waals surface area contributed by atoms with Crippen LogP contribution in [0.1, 0.15) is 11.4 Å². The maximum absolute atomic E-state index is 12.6. The second-order valence-corrected chi connectivity index (χ2v) is 6.32. The van der Waals surface area contributed by atoms with Crippen LogP contribution in [0.25, 0.3) is 10.9 Å². The number of amides is 1. The number of nitrogens with zero attached hydrogens (tertiary/aromatic N) is 3. The smallest absolute Gasteiger partial charge is 0.330 e. The number of nitrogens with one attached hydrogen (secondary N) is 1. The first-order chi connectivity index (χ1) is 13.6. The van der Waals surface area contributed by atoms with E-state index in [-0.39, 0.29) is 12.6 Å². The highest BCUT2D eigenvalue weighted by Crippen LogP contribution is 2.25. The van der Waals surface area contributed by atoms with Gasteiger partial charge in [-0.05, 0) is 48.9 Å². The molecule has 4 aromatic rings. The highest BCUT2D eigenvalue weighted by Gasteiger charge is 2.11. The zero-order valence-corrected chi connectivity index (χ0v) is 15.3. The van der Waals surface area contributed by atoms with Crippen molar-refractivity contribution in [1.29, 1.82) is 0 Å². The quantitative estimate of drug-likeness (QED) is 0.562. The summed E-state index contributed by atoms with van der Waals surface area (Å²) < 4.78 is 7.36. The van der Waals surface area contributed by atoms with E-state index in [0.717, 1.165) is 22.2 Å². The summed E-state index contributed by atoms with van der Waals surface area (Å²) in [5.74, 6) is 1.55. The fourth-order valence-corrected chi connectivity index (χ4v) is 2.92. The number of carbonyl (C=O) groups is 1. The largest absolute Gasteiger partial charge is 0.439 e. The topological polar surface area (TPSA) is 95.1 Å². The predicted molar refractivity (Wildman–Crippen MR) is 108 cm³/mol. The summed E-state index contributed by atoms with van der Waals surface area (Å²) in [7, 11) is 0. The van der Waals surface area contributed by atoms with Crippen molar-refractivity contribution in [3.05, 3.63) is 78.4 Å². The van der Waals surface area contributed by atoms with Crippen LogP contribution in [0.3, 0.4) is 0 Å². The molecule has 2 aromatic carbocycles. The molecule has 0 saturated heterocycles. The summed E-state index contributed by atoms with van der Waals surface area (Å²) in [6, 6.07) is 16.5. The number of fused-ring (bicyclic) bond motifs is 1. The first kappa shape index (κ1) is 17.7. The molecule has 2 heterocycles. The van der Waals surface area contributed by atoms with E-state index >= 15 is 0 Å². The lowest BCUT2D eigenvalue weighted by Gasteiger charge is -2.09. The van der Waals surface area contributed by atoms with Gasteiger partial charge in [-0.2, -0.15) is 4.98 Å². The number of rotatable bonds is 4. The van der Waals surface area contributed by atoms with E-state index in [1.165, 1.54) is 0 Å². The molecule has 7 nitrogen and oxygen atoms in total. The molecule has 3 N–H and O–H groups in total. The van der Waals surface area contributed by atoms with Crippen LogP contribution in [0.4, 0.5) is 10.5 Å². The maximum atomic E-state index is 12.6. The normalized spacial score (nSPS) is 10.8. The molecule has 0 bridgehead atoms. The van der Waals surface area contributed by atoms with Crippen LogP contribution in [0.5, 0.6) is 11.6 Å². The van der Waals surface area contributed by atoms with Gasteiger partial charge in [-0.3, -0.25) is 4.57 Å². The van der Waals surface area contributed by atoms with Gasteiger partial charge in [0.25, 0.3) is 0 Å². The van der Waals surface area contributed by atoms with E-state index in [2.05, 4.69) is 15.3 Å². The number of nitrogens with two attached hydrogens (primary N) is 1. The van der Waals surface area contributed by atoms with Gasteiger partial charge < -0.3 is 15.8 Å². The molecule has 0 aliphatic rings. The van der Waals surface area contributed by atoms with Crippen LogP contribution in [0.2, 0.25) is 0 Å². The predicted octanol–water partition coefficient (Wildman–Crippen LogP) is 4.07. The molecule has 0 unspecified atom stereocenters. The number of hydrogen-bond acceptors (Lipinski definition) is 5. The van der Waals surface area contributed by atoms with E-state index < -0.39 is 0 Å². The lowest BCUT2D eigenvalue weighted by Crippen LogP contribution is -2.18. The van der Waals surface area contributed by atoms with Gasteiger partial charge in [0.1, 0.15) is 11.6 Å². The van der Waals surface area contributed by atoms with E-state index in [1.807, 2.05) is 49.4 Å². The Morgan fingerprint density at radius 1 is 1.18 bits per heavy atom. The van der Waals surface area contributed by atoms with Crippen LogP contribution in [-0.2, 0) is 6.54 Å². The third-order valence-corrected chi connectivity index (χ3v) is 4.23. The molecule has 4 rings (SSSR count). The Morgan fingerprint density at radius 3 is 2.89 bits per heavy atom. The van der Waals surface area contributed by atoms with Gasteiger partial charge in [-0.25, -0.2) is 9.78 Å². The number of hydrogen-bond donors (Lipinski definition) is 2. The van der Waals surface area contributed by atoms with E-state index in [1.54, 1.807) is 29.1 Å². The van der Waals surface area contributed by atoms with Crippen LogP contribution in [0.15, 0.2) is 67.0 Å². The highest BCUT2D eigenvalue weighted by atomic mass is 16.5. The van der Waals surface area contributed by atoms with Crippen molar-refractivity contribution in [2.75, 3.05) is 5.32 Å². The molecular weight excluding hydrogens is 354 g/mol. The fourth-order valence-electron chi connectivity index (χ4n) is 2.92. The Balaban J connectivity index is 1.56. The lowest BCUT2D eigenvalue weighted by molar-refractivity contribution is 0.254. The summed E-state index contributed by atoms with van der Waals surface area (Å²) in [5.41, 5.74) is 8.18. The zero-order chi connectivity index (χ0) is 19.5. The Kier molecular flexibility index (Phi) is 4.74. The van der Waals surface area contributed by atoms with Crippen molar-refractivity contribution >= 4 is 22.6 Å². The molecule has 1 amide bonds. The number of benzene rings is 2. The monoisotopic (exact) mass is 373 g/mol. The molecule has 2 aromatic heterocycles. The van der Waals surface area contributed by atoms with Gasteiger partial charge in [-0.15, -0.1) is 0 Å². The second-order valence-electron chi connectivity index (χ2n) is 6.32. The molecule has 0 saturated carbocycles. The molecule has 0 radical (unpaired) electrons. The molecule has 0 atom stereocenters. The minimum Gasteiger partial charge on any atom is -0.439 e. The minimum atomic E-state index is -0.224. The van der Waals surface area contributed by atoms with E-state index in [4.69, 9.17) is 10.5 Å². The van der Waals surface area contributed by atoms with Gasteiger partial charge in [0.05, 0.1) is 12.1 Å². The van der Waals surface area contributed by atoms with Crippen LogP contribution in [0, 0.1) is 6.92 Å². The maximum Gasteiger partial charge on any atom is 0.330 e. The Morgan fingerprint density at radius 2 is 2.07 bits per heavy atom. The van der Waals surface area contributed by atoms with Crippen molar-refractivity contribution in [1.82, 2.24) is 14.5 Å². The number of aryl methyl sites for hydroxylation is 1. The Labute approximate surface area is 161 Å². The lowest BCUT2D eigenvalue weighted by atomic mass is 10.2. The van der Waals surface area contributed by atoms with Crippen molar-refractivity contribution in [2.24, 2.45) is 5.73 Å². The first-order valence-electron chi connectivity index (χ1n) is 8.81. The van der Waals surface area contributed by atoms with Crippen LogP contribution < -0.4 is 15.8 Å². The molecule has 0 aliphatic heterocycles. The van der Waals surface area contributed by atoms with Gasteiger partial charge in [-0.1, -0.05) is 12.1 Å².